The Kier molecular flexibility index (Phi) is 4.24. The second kappa shape index (κ2) is 6.32. The third kappa shape index (κ3) is 3.54. The molecule has 0 bridgehead atoms. The predicted octanol–water partition coefficient (Wildman–Crippen LogP) is 2.87. The third-order valence-electron chi connectivity index (χ3n) is 3.76. The molecule has 0 saturated carbocycles. The second-order valence-electron chi connectivity index (χ2n) is 5.58. The van der Waals surface area contributed by atoms with Crippen molar-refractivity contribution in [3.05, 3.63) is 51.7 Å². The van der Waals surface area contributed by atoms with Gasteiger partial charge in [-0.25, -0.2) is 0 Å². The summed E-state index contributed by atoms with van der Waals surface area (Å²) in [6.07, 6.45) is 0.915. The Balaban J connectivity index is 1.56. The van der Waals surface area contributed by atoms with Gasteiger partial charge in [-0.1, -0.05) is 12.1 Å². The van der Waals surface area contributed by atoms with E-state index in [-0.39, 0.29) is 17.7 Å². The molecule has 1 aliphatic heterocycles. The van der Waals surface area contributed by atoms with Crippen molar-refractivity contribution in [2.45, 2.75) is 26.3 Å². The minimum Gasteiger partial charge on any atom is -0.380 e. The van der Waals surface area contributed by atoms with E-state index in [0.29, 0.717) is 12.8 Å². The van der Waals surface area contributed by atoms with Gasteiger partial charge in [0.15, 0.2) is 0 Å². The summed E-state index contributed by atoms with van der Waals surface area (Å²) in [5.74, 6) is -0.541. The van der Waals surface area contributed by atoms with Gasteiger partial charge in [0, 0.05) is 28.4 Å². The zero-order valence-corrected chi connectivity index (χ0v) is 13.2. The van der Waals surface area contributed by atoms with Gasteiger partial charge in [0.1, 0.15) is 0 Å². The van der Waals surface area contributed by atoms with Crippen LogP contribution < -0.4 is 10.6 Å². The smallest absolute Gasteiger partial charge is 0.230 e. The van der Waals surface area contributed by atoms with Gasteiger partial charge in [0.05, 0.1) is 5.92 Å². The monoisotopic (exact) mass is 314 g/mol. The molecule has 114 valence electrons. The van der Waals surface area contributed by atoms with E-state index in [0.717, 1.165) is 17.8 Å². The molecule has 1 aromatic heterocycles. The summed E-state index contributed by atoms with van der Waals surface area (Å²) in [4.78, 5) is 25.4. The predicted molar refractivity (Wildman–Crippen MR) is 87.8 cm³/mol. The van der Waals surface area contributed by atoms with Crippen molar-refractivity contribution in [2.75, 3.05) is 5.32 Å². The maximum absolute atomic E-state index is 11.6. The molecule has 5 heteroatoms. The number of hydrogen-bond acceptors (Lipinski definition) is 4. The molecule has 0 spiro atoms. The number of rotatable bonds is 5. The van der Waals surface area contributed by atoms with E-state index in [2.05, 4.69) is 29.7 Å². The van der Waals surface area contributed by atoms with Gasteiger partial charge in [0.2, 0.25) is 11.8 Å². The highest BCUT2D eigenvalue weighted by Crippen LogP contribution is 2.20. The number of anilines is 1. The Morgan fingerprint density at radius 3 is 2.55 bits per heavy atom. The van der Waals surface area contributed by atoms with Crippen LogP contribution >= 0.6 is 11.3 Å². The minimum atomic E-state index is -0.222. The van der Waals surface area contributed by atoms with Crippen molar-refractivity contribution >= 4 is 28.8 Å². The van der Waals surface area contributed by atoms with Gasteiger partial charge in [-0.05, 0) is 43.2 Å². The molecule has 2 heterocycles. The molecule has 22 heavy (non-hydrogen) atoms. The Morgan fingerprint density at radius 1 is 1.18 bits per heavy atom. The molecule has 0 radical (unpaired) electrons. The standard InChI is InChI=1S/C17H18N2O2S/c1-11-2-7-15(22-11)10-18-14-5-3-12(4-6-14)8-13-9-16(20)19-17(13)21/h2-7,13,18H,8-10H2,1H3,(H,19,20,21)/t13-/m1/s1. The molecule has 1 saturated heterocycles. The molecular weight excluding hydrogens is 296 g/mol. The first-order chi connectivity index (χ1) is 10.6. The van der Waals surface area contributed by atoms with Crippen LogP contribution in [0.2, 0.25) is 0 Å². The first-order valence-electron chi connectivity index (χ1n) is 7.32. The Hall–Kier alpha value is -2.14. The fraction of sp³-hybridized carbons (Fsp3) is 0.294. The van der Waals surface area contributed by atoms with E-state index in [4.69, 9.17) is 0 Å². The van der Waals surface area contributed by atoms with Gasteiger partial charge >= 0.3 is 0 Å². The summed E-state index contributed by atoms with van der Waals surface area (Å²) >= 11 is 1.79. The molecule has 3 rings (SSSR count). The number of nitrogens with one attached hydrogen (secondary N) is 2. The minimum absolute atomic E-state index is 0.153. The van der Waals surface area contributed by atoms with Crippen molar-refractivity contribution in [1.29, 1.82) is 0 Å². The molecule has 0 aliphatic carbocycles. The SMILES string of the molecule is Cc1ccc(CNc2ccc(C[C@@H]3CC(=O)NC3=O)cc2)s1. The summed E-state index contributed by atoms with van der Waals surface area (Å²) in [5, 5.41) is 5.74. The fourth-order valence-electron chi connectivity index (χ4n) is 2.58. The van der Waals surface area contributed by atoms with E-state index >= 15 is 0 Å². The molecule has 2 amide bonds. The molecule has 1 aromatic carbocycles. The highest BCUT2D eigenvalue weighted by Gasteiger charge is 2.30. The molecule has 0 unspecified atom stereocenters. The van der Waals surface area contributed by atoms with Gasteiger partial charge < -0.3 is 5.32 Å². The van der Waals surface area contributed by atoms with Crippen LogP contribution in [-0.4, -0.2) is 11.8 Å². The number of aryl methyl sites for hydroxylation is 1. The number of amides is 2. The number of carbonyl (C=O) groups is 2. The molecule has 1 fully saturated rings. The van der Waals surface area contributed by atoms with Crippen LogP contribution in [0.5, 0.6) is 0 Å². The molecule has 4 nitrogen and oxygen atoms in total. The number of benzene rings is 1. The zero-order valence-electron chi connectivity index (χ0n) is 12.4. The summed E-state index contributed by atoms with van der Waals surface area (Å²) in [6, 6.07) is 12.3. The number of thiophene rings is 1. The topological polar surface area (TPSA) is 58.2 Å². The van der Waals surface area contributed by atoms with Crippen LogP contribution in [0.15, 0.2) is 36.4 Å². The van der Waals surface area contributed by atoms with Crippen molar-refractivity contribution in [3.8, 4) is 0 Å². The van der Waals surface area contributed by atoms with Gasteiger partial charge in [-0.15, -0.1) is 11.3 Å². The summed E-state index contributed by atoms with van der Waals surface area (Å²) in [5.41, 5.74) is 2.13. The van der Waals surface area contributed by atoms with Crippen LogP contribution in [0.1, 0.15) is 21.7 Å². The molecule has 2 aromatic rings. The summed E-state index contributed by atoms with van der Waals surface area (Å²) in [6.45, 7) is 2.92. The quantitative estimate of drug-likeness (QED) is 0.834. The Labute approximate surface area is 133 Å². The van der Waals surface area contributed by atoms with Gasteiger partial charge in [-0.2, -0.15) is 0 Å². The first-order valence-corrected chi connectivity index (χ1v) is 8.13. The lowest BCUT2D eigenvalue weighted by Gasteiger charge is -2.08. The number of carbonyl (C=O) groups excluding carboxylic acids is 2. The van der Waals surface area contributed by atoms with Crippen LogP contribution in [0.4, 0.5) is 5.69 Å². The van der Waals surface area contributed by atoms with Crippen molar-refractivity contribution in [2.24, 2.45) is 5.92 Å². The lowest BCUT2D eigenvalue weighted by atomic mass is 9.98. The van der Waals surface area contributed by atoms with Gasteiger partial charge in [0.25, 0.3) is 0 Å². The molecule has 2 N–H and O–H groups in total. The summed E-state index contributed by atoms with van der Waals surface area (Å²) < 4.78 is 0. The average Bonchev–Trinajstić information content (AvgIpc) is 3.04. The van der Waals surface area contributed by atoms with E-state index in [1.54, 1.807) is 11.3 Å². The average molecular weight is 314 g/mol. The molecule has 1 atom stereocenters. The van der Waals surface area contributed by atoms with Crippen molar-refractivity contribution < 1.29 is 9.59 Å². The van der Waals surface area contributed by atoms with E-state index < -0.39 is 0 Å². The summed E-state index contributed by atoms with van der Waals surface area (Å²) in [7, 11) is 0. The van der Waals surface area contributed by atoms with Crippen LogP contribution in [0.25, 0.3) is 0 Å². The van der Waals surface area contributed by atoms with Gasteiger partial charge in [-0.3, -0.25) is 14.9 Å². The van der Waals surface area contributed by atoms with E-state index in [9.17, 15) is 9.59 Å². The third-order valence-corrected chi connectivity index (χ3v) is 4.76. The zero-order chi connectivity index (χ0) is 15.5. The van der Waals surface area contributed by atoms with E-state index in [1.165, 1.54) is 9.75 Å². The number of hydrogen-bond donors (Lipinski definition) is 2. The maximum Gasteiger partial charge on any atom is 0.230 e. The maximum atomic E-state index is 11.6. The molecular formula is C17H18N2O2S. The second-order valence-corrected chi connectivity index (χ2v) is 6.95. The first kappa shape index (κ1) is 14.8. The van der Waals surface area contributed by atoms with Crippen molar-refractivity contribution in [1.82, 2.24) is 5.32 Å². The molecule has 1 aliphatic rings. The Bertz CT molecular complexity index is 691. The highest BCUT2D eigenvalue weighted by atomic mass is 32.1. The highest BCUT2D eigenvalue weighted by molar-refractivity contribution is 7.11. The normalized spacial score (nSPS) is 17.6. The van der Waals surface area contributed by atoms with Crippen molar-refractivity contribution in [3.63, 3.8) is 0 Å². The largest absolute Gasteiger partial charge is 0.380 e. The van der Waals surface area contributed by atoms with Crippen LogP contribution in [0.3, 0.4) is 0 Å². The fourth-order valence-corrected chi connectivity index (χ4v) is 3.41. The van der Waals surface area contributed by atoms with Crippen LogP contribution in [0, 0.1) is 12.8 Å². The Morgan fingerprint density at radius 2 is 1.95 bits per heavy atom. The van der Waals surface area contributed by atoms with E-state index in [1.807, 2.05) is 24.3 Å². The number of imide groups is 1. The lowest BCUT2D eigenvalue weighted by molar-refractivity contribution is -0.125. The van der Waals surface area contributed by atoms with Crippen LogP contribution in [-0.2, 0) is 22.6 Å². The lowest BCUT2D eigenvalue weighted by Crippen LogP contribution is -2.22.